The van der Waals surface area contributed by atoms with Crippen LogP contribution < -0.4 is 10.6 Å². The Labute approximate surface area is 110 Å². The first kappa shape index (κ1) is 13.1. The molecule has 0 spiro atoms. The maximum atomic E-state index is 6.01. The van der Waals surface area contributed by atoms with Crippen LogP contribution in [0, 0.1) is 5.92 Å². The Morgan fingerprint density at radius 2 is 2.17 bits per heavy atom. The van der Waals surface area contributed by atoms with Crippen molar-refractivity contribution in [3.8, 4) is 0 Å². The third-order valence-corrected chi connectivity index (χ3v) is 3.87. The molecule has 1 fully saturated rings. The van der Waals surface area contributed by atoms with Gasteiger partial charge in [0.2, 0.25) is 0 Å². The lowest BCUT2D eigenvalue weighted by molar-refractivity contribution is 0.375. The molecule has 0 saturated carbocycles. The highest BCUT2D eigenvalue weighted by atomic mass is 15.2. The number of nitrogens with zero attached hydrogens (tertiary/aromatic N) is 3. The fourth-order valence-electron chi connectivity index (χ4n) is 2.88. The summed E-state index contributed by atoms with van der Waals surface area (Å²) in [5.74, 6) is 2.52. The van der Waals surface area contributed by atoms with Gasteiger partial charge in [-0.2, -0.15) is 0 Å². The van der Waals surface area contributed by atoms with Crippen molar-refractivity contribution < 1.29 is 0 Å². The summed E-state index contributed by atoms with van der Waals surface area (Å²) in [7, 11) is 0. The van der Waals surface area contributed by atoms with E-state index < -0.39 is 0 Å². The van der Waals surface area contributed by atoms with Gasteiger partial charge in [-0.25, -0.2) is 9.97 Å². The van der Waals surface area contributed by atoms with E-state index >= 15 is 0 Å². The first-order chi connectivity index (χ1) is 8.63. The number of rotatable bonds is 3. The maximum Gasteiger partial charge on any atom is 0.137 e. The van der Waals surface area contributed by atoms with E-state index in [-0.39, 0.29) is 0 Å². The van der Waals surface area contributed by atoms with Crippen molar-refractivity contribution in [1.29, 1.82) is 0 Å². The molecule has 2 unspecified atom stereocenters. The summed E-state index contributed by atoms with van der Waals surface area (Å²) in [5, 5.41) is 0. The molecule has 0 aromatic carbocycles. The lowest BCUT2D eigenvalue weighted by Gasteiger charge is -2.38. The molecule has 2 rings (SSSR count). The Balaban J connectivity index is 2.29. The summed E-state index contributed by atoms with van der Waals surface area (Å²) in [4.78, 5) is 11.0. The van der Waals surface area contributed by atoms with Crippen LogP contribution in [0.25, 0.3) is 0 Å². The smallest absolute Gasteiger partial charge is 0.137 e. The number of anilines is 2. The van der Waals surface area contributed by atoms with E-state index in [1.165, 1.54) is 12.8 Å². The third-order valence-electron chi connectivity index (χ3n) is 3.87. The standard InChI is InChI=1S/C14H24N4/c1-4-5-12-13(15)16-9-17-14(12)18-7-6-10(2)8-11(18)3/h9-11H,4-8H2,1-3H3,(H2,15,16,17). The van der Waals surface area contributed by atoms with Crippen molar-refractivity contribution in [2.75, 3.05) is 17.2 Å². The molecule has 0 bridgehead atoms. The topological polar surface area (TPSA) is 55.0 Å². The predicted octanol–water partition coefficient (Wildman–Crippen LogP) is 2.64. The number of hydrogen-bond acceptors (Lipinski definition) is 4. The summed E-state index contributed by atoms with van der Waals surface area (Å²) in [6, 6.07) is 0.540. The van der Waals surface area contributed by atoms with E-state index in [9.17, 15) is 0 Å². The number of aromatic nitrogens is 2. The van der Waals surface area contributed by atoms with Crippen LogP contribution >= 0.6 is 0 Å². The molecule has 2 heterocycles. The molecule has 2 N–H and O–H groups in total. The van der Waals surface area contributed by atoms with Crippen LogP contribution in [0.4, 0.5) is 11.6 Å². The van der Waals surface area contributed by atoms with E-state index in [0.29, 0.717) is 11.9 Å². The van der Waals surface area contributed by atoms with Crippen LogP contribution in [0.2, 0.25) is 0 Å². The van der Waals surface area contributed by atoms with Gasteiger partial charge in [-0.1, -0.05) is 20.3 Å². The molecule has 0 radical (unpaired) electrons. The van der Waals surface area contributed by atoms with E-state index in [1.54, 1.807) is 6.33 Å². The van der Waals surface area contributed by atoms with E-state index in [0.717, 1.165) is 36.7 Å². The van der Waals surface area contributed by atoms with E-state index in [4.69, 9.17) is 5.73 Å². The average Bonchev–Trinajstić information content (AvgIpc) is 2.32. The fraction of sp³-hybridized carbons (Fsp3) is 0.714. The summed E-state index contributed by atoms with van der Waals surface area (Å²) in [5.41, 5.74) is 7.14. The van der Waals surface area contributed by atoms with E-state index in [2.05, 4.69) is 35.6 Å². The molecule has 1 aliphatic rings. The molecule has 0 aliphatic carbocycles. The van der Waals surface area contributed by atoms with Gasteiger partial charge in [0, 0.05) is 18.2 Å². The Morgan fingerprint density at radius 1 is 1.39 bits per heavy atom. The second-order valence-corrected chi connectivity index (χ2v) is 5.48. The van der Waals surface area contributed by atoms with Gasteiger partial charge in [-0.15, -0.1) is 0 Å². The van der Waals surface area contributed by atoms with Crippen molar-refractivity contribution in [1.82, 2.24) is 9.97 Å². The molecule has 100 valence electrons. The highest BCUT2D eigenvalue weighted by molar-refractivity contribution is 5.57. The normalized spacial score (nSPS) is 24.3. The van der Waals surface area contributed by atoms with Gasteiger partial charge >= 0.3 is 0 Å². The van der Waals surface area contributed by atoms with Crippen LogP contribution in [0.15, 0.2) is 6.33 Å². The SMILES string of the molecule is CCCc1c(N)ncnc1N1CCC(C)CC1C. The Hall–Kier alpha value is -1.32. The second kappa shape index (κ2) is 5.55. The molecule has 1 aromatic rings. The second-order valence-electron chi connectivity index (χ2n) is 5.48. The maximum absolute atomic E-state index is 6.01. The molecule has 1 saturated heterocycles. The van der Waals surface area contributed by atoms with E-state index in [1.807, 2.05) is 0 Å². The summed E-state index contributed by atoms with van der Waals surface area (Å²) in [6.45, 7) is 7.85. The molecule has 4 heteroatoms. The minimum atomic E-state index is 0.540. The monoisotopic (exact) mass is 248 g/mol. The van der Waals surface area contributed by atoms with Crippen molar-refractivity contribution in [3.05, 3.63) is 11.9 Å². The minimum Gasteiger partial charge on any atom is -0.383 e. The van der Waals surface area contributed by atoms with Gasteiger partial charge in [-0.05, 0) is 32.1 Å². The molecule has 1 aliphatic heterocycles. The number of nitrogens with two attached hydrogens (primary N) is 1. The minimum absolute atomic E-state index is 0.540. The Morgan fingerprint density at radius 3 is 2.83 bits per heavy atom. The fourth-order valence-corrected chi connectivity index (χ4v) is 2.88. The van der Waals surface area contributed by atoms with Gasteiger partial charge in [-0.3, -0.25) is 0 Å². The Kier molecular flexibility index (Phi) is 4.04. The van der Waals surface area contributed by atoms with Gasteiger partial charge in [0.15, 0.2) is 0 Å². The molecular formula is C14H24N4. The zero-order valence-electron chi connectivity index (χ0n) is 11.7. The summed E-state index contributed by atoms with van der Waals surface area (Å²) >= 11 is 0. The van der Waals surface area contributed by atoms with Crippen molar-refractivity contribution in [3.63, 3.8) is 0 Å². The molecule has 18 heavy (non-hydrogen) atoms. The molecule has 2 atom stereocenters. The first-order valence-electron chi connectivity index (χ1n) is 6.99. The molecule has 1 aromatic heterocycles. The Bertz CT molecular complexity index is 405. The predicted molar refractivity (Wildman–Crippen MR) is 75.6 cm³/mol. The highest BCUT2D eigenvalue weighted by Gasteiger charge is 2.26. The zero-order valence-corrected chi connectivity index (χ0v) is 11.7. The van der Waals surface area contributed by atoms with Crippen LogP contribution in [0.1, 0.15) is 45.6 Å². The van der Waals surface area contributed by atoms with Gasteiger partial charge in [0.1, 0.15) is 18.0 Å². The lowest BCUT2D eigenvalue weighted by atomic mass is 9.93. The quantitative estimate of drug-likeness (QED) is 0.893. The van der Waals surface area contributed by atoms with Gasteiger partial charge < -0.3 is 10.6 Å². The molecular weight excluding hydrogens is 224 g/mol. The number of hydrogen-bond donors (Lipinski definition) is 1. The first-order valence-corrected chi connectivity index (χ1v) is 6.99. The number of nitrogen functional groups attached to an aromatic ring is 1. The van der Waals surface area contributed by atoms with Crippen molar-refractivity contribution >= 4 is 11.6 Å². The molecule has 0 amide bonds. The zero-order chi connectivity index (χ0) is 13.1. The van der Waals surface area contributed by atoms with Crippen molar-refractivity contribution in [2.45, 2.75) is 52.5 Å². The molecule has 4 nitrogen and oxygen atoms in total. The van der Waals surface area contributed by atoms with Crippen LogP contribution in [-0.4, -0.2) is 22.6 Å². The average molecular weight is 248 g/mol. The lowest BCUT2D eigenvalue weighted by Crippen LogP contribution is -2.41. The van der Waals surface area contributed by atoms with Crippen LogP contribution in [-0.2, 0) is 6.42 Å². The van der Waals surface area contributed by atoms with Crippen molar-refractivity contribution in [2.24, 2.45) is 5.92 Å². The summed E-state index contributed by atoms with van der Waals surface area (Å²) < 4.78 is 0. The largest absolute Gasteiger partial charge is 0.383 e. The third kappa shape index (κ3) is 2.57. The number of piperidine rings is 1. The van der Waals surface area contributed by atoms with Crippen LogP contribution in [0.3, 0.4) is 0 Å². The van der Waals surface area contributed by atoms with Gasteiger partial charge in [0.05, 0.1) is 0 Å². The summed E-state index contributed by atoms with van der Waals surface area (Å²) in [6.07, 6.45) is 6.09. The van der Waals surface area contributed by atoms with Gasteiger partial charge in [0.25, 0.3) is 0 Å². The van der Waals surface area contributed by atoms with Crippen LogP contribution in [0.5, 0.6) is 0 Å². The highest BCUT2D eigenvalue weighted by Crippen LogP contribution is 2.30.